The van der Waals surface area contributed by atoms with Crippen molar-refractivity contribution in [3.8, 4) is 0 Å². The molecule has 1 aliphatic heterocycles. The number of rotatable bonds is 5. The minimum Gasteiger partial charge on any atom is -0.370 e. The van der Waals surface area contributed by atoms with E-state index in [2.05, 4.69) is 9.88 Å². The molecule has 7 heteroatoms. The average Bonchev–Trinajstić information content (AvgIpc) is 2.45. The van der Waals surface area contributed by atoms with Crippen LogP contribution in [0.1, 0.15) is 24.8 Å². The Bertz CT molecular complexity index is 608. The first-order valence-electron chi connectivity index (χ1n) is 7.03. The zero-order chi connectivity index (χ0) is 15.5. The van der Waals surface area contributed by atoms with Crippen LogP contribution in [-0.4, -0.2) is 43.9 Å². The number of anilines is 1. The quantitative estimate of drug-likeness (QED) is 0.855. The number of hydrogen-bond donors (Lipinski definition) is 1. The van der Waals surface area contributed by atoms with Gasteiger partial charge in [0.25, 0.3) is 0 Å². The Hall–Kier alpha value is -1.63. The fourth-order valence-corrected chi connectivity index (χ4v) is 3.64. The molecule has 0 aliphatic carbocycles. The molecule has 0 unspecified atom stereocenters. The summed E-state index contributed by atoms with van der Waals surface area (Å²) in [5, 5.41) is -0.244. The number of carbonyl (C=O) groups excluding carboxylic acids is 1. The van der Waals surface area contributed by atoms with Crippen molar-refractivity contribution in [2.24, 2.45) is 5.73 Å². The fraction of sp³-hybridized carbons (Fsp3) is 0.571. The molecular formula is C14H21N3O3S. The summed E-state index contributed by atoms with van der Waals surface area (Å²) in [6.07, 6.45) is 5.20. The maximum Gasteiger partial charge on any atom is 0.217 e. The Morgan fingerprint density at radius 3 is 2.67 bits per heavy atom. The van der Waals surface area contributed by atoms with Gasteiger partial charge < -0.3 is 10.6 Å². The normalized spacial score (nSPS) is 16.9. The van der Waals surface area contributed by atoms with Crippen LogP contribution in [-0.2, 0) is 21.1 Å². The van der Waals surface area contributed by atoms with Gasteiger partial charge in [-0.2, -0.15) is 0 Å². The van der Waals surface area contributed by atoms with E-state index in [0.29, 0.717) is 38.8 Å². The van der Waals surface area contributed by atoms with Crippen LogP contribution in [0, 0.1) is 0 Å². The molecule has 0 spiro atoms. The first-order chi connectivity index (χ1) is 9.86. The van der Waals surface area contributed by atoms with Crippen LogP contribution in [0.4, 0.5) is 5.82 Å². The molecule has 1 aliphatic rings. The van der Waals surface area contributed by atoms with Gasteiger partial charge in [0, 0.05) is 32.0 Å². The highest BCUT2D eigenvalue weighted by molar-refractivity contribution is 7.91. The second-order valence-electron chi connectivity index (χ2n) is 5.50. The highest BCUT2D eigenvalue weighted by Crippen LogP contribution is 2.22. The van der Waals surface area contributed by atoms with E-state index in [9.17, 15) is 13.2 Å². The first kappa shape index (κ1) is 15.8. The van der Waals surface area contributed by atoms with Crippen LogP contribution in [0.15, 0.2) is 18.3 Å². The van der Waals surface area contributed by atoms with Crippen molar-refractivity contribution in [3.63, 3.8) is 0 Å². The van der Waals surface area contributed by atoms with Crippen LogP contribution < -0.4 is 10.6 Å². The lowest BCUT2D eigenvalue weighted by molar-refractivity contribution is -0.117. The first-order valence-corrected chi connectivity index (χ1v) is 8.99. The van der Waals surface area contributed by atoms with Crippen molar-refractivity contribution in [3.05, 3.63) is 23.9 Å². The molecule has 21 heavy (non-hydrogen) atoms. The predicted octanol–water partition coefficient (Wildman–Crippen LogP) is 0.513. The van der Waals surface area contributed by atoms with Crippen molar-refractivity contribution in [2.75, 3.05) is 24.2 Å². The third-order valence-corrected chi connectivity index (χ3v) is 5.52. The second-order valence-corrected chi connectivity index (χ2v) is 7.83. The summed E-state index contributed by atoms with van der Waals surface area (Å²) < 4.78 is 23.1. The number of hydrogen-bond acceptors (Lipinski definition) is 5. The highest BCUT2D eigenvalue weighted by atomic mass is 32.2. The third-order valence-electron chi connectivity index (χ3n) is 3.84. The zero-order valence-electron chi connectivity index (χ0n) is 12.2. The smallest absolute Gasteiger partial charge is 0.217 e. The van der Waals surface area contributed by atoms with Crippen molar-refractivity contribution < 1.29 is 13.2 Å². The third kappa shape index (κ3) is 4.42. The van der Waals surface area contributed by atoms with E-state index in [0.717, 1.165) is 11.4 Å². The summed E-state index contributed by atoms with van der Waals surface area (Å²) in [6, 6.07) is 3.82. The Balaban J connectivity index is 2.00. The van der Waals surface area contributed by atoms with Crippen LogP contribution in [0.5, 0.6) is 0 Å². The van der Waals surface area contributed by atoms with Crippen LogP contribution in [0.25, 0.3) is 0 Å². The van der Waals surface area contributed by atoms with Crippen LogP contribution in [0.3, 0.4) is 0 Å². The van der Waals surface area contributed by atoms with Crippen molar-refractivity contribution in [2.45, 2.75) is 30.9 Å². The van der Waals surface area contributed by atoms with Gasteiger partial charge in [0.15, 0.2) is 0 Å². The SMILES string of the molecule is CS(=O)(=O)C1CCN(c2cc(CCC(N)=O)ccn2)CC1. The van der Waals surface area contributed by atoms with E-state index in [1.807, 2.05) is 12.1 Å². The van der Waals surface area contributed by atoms with Gasteiger partial charge in [0.05, 0.1) is 5.25 Å². The number of amides is 1. The molecule has 2 heterocycles. The van der Waals surface area contributed by atoms with E-state index < -0.39 is 9.84 Å². The number of carbonyl (C=O) groups is 1. The number of primary amides is 1. The molecule has 1 aromatic heterocycles. The predicted molar refractivity (Wildman–Crippen MR) is 81.8 cm³/mol. The Kier molecular flexibility index (Phi) is 4.82. The van der Waals surface area contributed by atoms with Gasteiger partial charge in [0.2, 0.25) is 5.91 Å². The maximum absolute atomic E-state index is 11.6. The summed E-state index contributed by atoms with van der Waals surface area (Å²) in [4.78, 5) is 17.3. The molecule has 1 aromatic rings. The lowest BCUT2D eigenvalue weighted by atomic mass is 10.1. The summed E-state index contributed by atoms with van der Waals surface area (Å²) in [5.41, 5.74) is 6.17. The van der Waals surface area contributed by atoms with E-state index in [-0.39, 0.29) is 11.2 Å². The van der Waals surface area contributed by atoms with Crippen molar-refractivity contribution >= 4 is 21.6 Å². The molecule has 1 saturated heterocycles. The van der Waals surface area contributed by atoms with Crippen LogP contribution >= 0.6 is 0 Å². The minimum atomic E-state index is -2.96. The van der Waals surface area contributed by atoms with E-state index in [1.54, 1.807) is 6.20 Å². The topological polar surface area (TPSA) is 93.4 Å². The highest BCUT2D eigenvalue weighted by Gasteiger charge is 2.27. The summed E-state index contributed by atoms with van der Waals surface area (Å²) in [6.45, 7) is 1.37. The number of pyridine rings is 1. The molecule has 6 nitrogen and oxygen atoms in total. The standard InChI is InChI=1S/C14H21N3O3S/c1-21(19,20)12-5-8-17(9-6-12)14-10-11(4-7-16-14)2-3-13(15)18/h4,7,10,12H,2-3,5-6,8-9H2,1H3,(H2,15,18). The number of nitrogens with two attached hydrogens (primary N) is 1. The van der Waals surface area contributed by atoms with Crippen molar-refractivity contribution in [1.29, 1.82) is 0 Å². The molecule has 0 bridgehead atoms. The number of aryl methyl sites for hydroxylation is 1. The lowest BCUT2D eigenvalue weighted by Crippen LogP contribution is -2.39. The van der Waals surface area contributed by atoms with Gasteiger partial charge in [-0.25, -0.2) is 13.4 Å². The van der Waals surface area contributed by atoms with Gasteiger partial charge >= 0.3 is 0 Å². The number of sulfone groups is 1. The summed E-state index contributed by atoms with van der Waals surface area (Å²) >= 11 is 0. The lowest BCUT2D eigenvalue weighted by Gasteiger charge is -2.32. The Morgan fingerprint density at radius 2 is 2.10 bits per heavy atom. The molecule has 0 atom stereocenters. The van der Waals surface area contributed by atoms with Gasteiger partial charge in [-0.3, -0.25) is 4.79 Å². The average molecular weight is 311 g/mol. The second kappa shape index (κ2) is 6.43. The largest absolute Gasteiger partial charge is 0.370 e. The zero-order valence-corrected chi connectivity index (χ0v) is 13.0. The number of aromatic nitrogens is 1. The van der Waals surface area contributed by atoms with Gasteiger partial charge in [-0.05, 0) is 37.0 Å². The van der Waals surface area contributed by atoms with E-state index in [4.69, 9.17) is 5.73 Å². The number of piperidine rings is 1. The molecule has 0 saturated carbocycles. The Morgan fingerprint density at radius 1 is 1.43 bits per heavy atom. The molecule has 0 aromatic carbocycles. The molecule has 116 valence electrons. The summed E-state index contributed by atoms with van der Waals surface area (Å²) in [5.74, 6) is 0.520. The van der Waals surface area contributed by atoms with Gasteiger partial charge in [-0.15, -0.1) is 0 Å². The Labute approximate surface area is 125 Å². The van der Waals surface area contributed by atoms with E-state index in [1.165, 1.54) is 6.26 Å². The van der Waals surface area contributed by atoms with Crippen LogP contribution in [0.2, 0.25) is 0 Å². The summed E-state index contributed by atoms with van der Waals surface area (Å²) in [7, 11) is -2.96. The fourth-order valence-electron chi connectivity index (χ4n) is 2.57. The molecule has 2 rings (SSSR count). The van der Waals surface area contributed by atoms with Gasteiger partial charge in [-0.1, -0.05) is 0 Å². The molecule has 2 N–H and O–H groups in total. The molecule has 1 fully saturated rings. The van der Waals surface area contributed by atoms with Crippen molar-refractivity contribution in [1.82, 2.24) is 4.98 Å². The molecule has 1 amide bonds. The number of nitrogens with zero attached hydrogens (tertiary/aromatic N) is 2. The maximum atomic E-state index is 11.6. The molecular weight excluding hydrogens is 290 g/mol. The molecule has 0 radical (unpaired) electrons. The van der Waals surface area contributed by atoms with E-state index >= 15 is 0 Å². The monoisotopic (exact) mass is 311 g/mol. The van der Waals surface area contributed by atoms with Gasteiger partial charge in [0.1, 0.15) is 15.7 Å². The minimum absolute atomic E-state index is 0.244.